The van der Waals surface area contributed by atoms with Crippen LogP contribution in [0.5, 0.6) is 57.5 Å². The standard InChI is InChI=1S/C31H44N2O10.C20H21NO4/c1-36-24-18-22(19-25(37-2)28(24)40-5)30(34)42-16-8-12-32-10-7-11-33(15-14-32)13-9-17-43-31(35)23-20-26(38-3)29(41-6)27(21-23)39-4;1-22-17-6-5-13(10-18(17)23-2)9-16-15-12-20(25-4)19(24-3)11-14(15)7-8-21-16/h18-21H,7-17H2,1-6H3;5-8,10-12H,9H2,1-4H3. The van der Waals surface area contributed by atoms with Gasteiger partial charge in [0.2, 0.25) is 11.5 Å². The van der Waals surface area contributed by atoms with Crippen molar-refractivity contribution >= 4 is 22.7 Å². The highest BCUT2D eigenvalue weighted by molar-refractivity contribution is 5.92. The van der Waals surface area contributed by atoms with Gasteiger partial charge in [-0.05, 0) is 97.9 Å². The third kappa shape index (κ3) is 13.6. The third-order valence-corrected chi connectivity index (χ3v) is 11.4. The van der Waals surface area contributed by atoms with Gasteiger partial charge in [-0.25, -0.2) is 9.59 Å². The molecule has 0 bridgehead atoms. The van der Waals surface area contributed by atoms with E-state index in [0.29, 0.717) is 88.3 Å². The Balaban J connectivity index is 0.000000291. The van der Waals surface area contributed by atoms with Crippen LogP contribution < -0.4 is 47.4 Å². The van der Waals surface area contributed by atoms with Gasteiger partial charge in [0.25, 0.3) is 0 Å². The molecule has 0 atom stereocenters. The lowest BCUT2D eigenvalue weighted by Gasteiger charge is -2.21. The number of esters is 2. The average Bonchev–Trinajstić information content (AvgIpc) is 3.62. The molecule has 1 aliphatic heterocycles. The zero-order chi connectivity index (χ0) is 49.0. The number of rotatable bonds is 22. The van der Waals surface area contributed by atoms with Crippen LogP contribution in [-0.2, 0) is 15.9 Å². The van der Waals surface area contributed by atoms with Gasteiger partial charge >= 0.3 is 11.9 Å². The lowest BCUT2D eigenvalue weighted by molar-refractivity contribution is 0.0475. The van der Waals surface area contributed by atoms with Gasteiger partial charge in [-0.2, -0.15) is 0 Å². The number of methoxy groups -OCH3 is 10. The number of carbonyl (C=O) groups is 2. The summed E-state index contributed by atoms with van der Waals surface area (Å²) >= 11 is 0. The van der Waals surface area contributed by atoms with Gasteiger partial charge < -0.3 is 66.6 Å². The van der Waals surface area contributed by atoms with Gasteiger partial charge in [-0.15, -0.1) is 0 Å². The van der Waals surface area contributed by atoms with Crippen LogP contribution in [0.15, 0.2) is 66.9 Å². The third-order valence-electron chi connectivity index (χ3n) is 11.4. The fourth-order valence-electron chi connectivity index (χ4n) is 7.83. The summed E-state index contributed by atoms with van der Waals surface area (Å²) in [4.78, 5) is 34.6. The molecule has 6 rings (SSSR count). The molecule has 0 amide bonds. The van der Waals surface area contributed by atoms with Crippen LogP contribution in [0.2, 0.25) is 0 Å². The van der Waals surface area contributed by atoms with E-state index in [4.69, 9.17) is 56.8 Å². The summed E-state index contributed by atoms with van der Waals surface area (Å²) in [5.74, 6) is 4.40. The van der Waals surface area contributed by atoms with Crippen molar-refractivity contribution in [2.24, 2.45) is 0 Å². The zero-order valence-electron chi connectivity index (χ0n) is 40.9. The van der Waals surface area contributed by atoms with E-state index in [0.717, 1.165) is 80.6 Å². The number of hydrogen-bond acceptors (Lipinski definition) is 17. The summed E-state index contributed by atoms with van der Waals surface area (Å²) in [7, 11) is 15.6. The monoisotopic (exact) mass is 943 g/mol. The van der Waals surface area contributed by atoms with Crippen LogP contribution in [0.4, 0.5) is 0 Å². The highest BCUT2D eigenvalue weighted by Gasteiger charge is 2.21. The number of nitrogens with zero attached hydrogens (tertiary/aromatic N) is 3. The fourth-order valence-corrected chi connectivity index (χ4v) is 7.83. The average molecular weight is 944 g/mol. The lowest BCUT2D eigenvalue weighted by Crippen LogP contribution is -2.32. The van der Waals surface area contributed by atoms with E-state index in [2.05, 4.69) is 14.8 Å². The molecule has 0 radical (unpaired) electrons. The van der Waals surface area contributed by atoms with E-state index in [1.54, 1.807) is 52.7 Å². The SMILES string of the molecule is COc1cc(C(=O)OCCCN2CCCN(CCCOC(=O)c3cc(OC)c(OC)c(OC)c3)CC2)cc(OC)c1OC.COc1ccc(Cc2nccc3cc(OC)c(OC)cc23)cc1OC. The Morgan fingerprint density at radius 3 is 1.37 bits per heavy atom. The van der Waals surface area contributed by atoms with Crippen LogP contribution in [0, 0.1) is 0 Å². The van der Waals surface area contributed by atoms with Crippen molar-refractivity contribution in [2.75, 3.05) is 124 Å². The molecule has 4 aromatic carbocycles. The maximum absolute atomic E-state index is 12.6. The predicted molar refractivity (Wildman–Crippen MR) is 257 cm³/mol. The molecular formula is C51H65N3O14. The quantitative estimate of drug-likeness (QED) is 0.0498. The second-order valence-corrected chi connectivity index (χ2v) is 15.4. The van der Waals surface area contributed by atoms with Gasteiger partial charge in [-0.3, -0.25) is 4.98 Å². The van der Waals surface area contributed by atoms with Crippen molar-refractivity contribution in [3.63, 3.8) is 0 Å². The summed E-state index contributed by atoms with van der Waals surface area (Å²) in [6.07, 6.45) is 4.98. The van der Waals surface area contributed by atoms with Crippen LogP contribution in [-0.4, -0.2) is 150 Å². The number of benzene rings is 4. The molecule has 0 spiro atoms. The van der Waals surface area contributed by atoms with Crippen LogP contribution in [0.25, 0.3) is 10.8 Å². The van der Waals surface area contributed by atoms with Crippen molar-refractivity contribution in [1.82, 2.24) is 14.8 Å². The molecule has 5 aromatic rings. The van der Waals surface area contributed by atoms with Crippen LogP contribution >= 0.6 is 0 Å². The molecule has 1 aromatic heterocycles. The summed E-state index contributed by atoms with van der Waals surface area (Å²) in [5.41, 5.74) is 2.74. The molecule has 0 N–H and O–H groups in total. The highest BCUT2D eigenvalue weighted by Crippen LogP contribution is 2.40. The first-order valence-corrected chi connectivity index (χ1v) is 22.2. The minimum atomic E-state index is -0.438. The van der Waals surface area contributed by atoms with Crippen LogP contribution in [0.1, 0.15) is 51.2 Å². The molecule has 2 heterocycles. The minimum Gasteiger partial charge on any atom is -0.493 e. The van der Waals surface area contributed by atoms with Gasteiger partial charge in [-0.1, -0.05) is 6.07 Å². The minimum absolute atomic E-state index is 0.313. The summed E-state index contributed by atoms with van der Waals surface area (Å²) in [6, 6.07) is 18.1. The van der Waals surface area contributed by atoms with Gasteiger partial charge in [0.1, 0.15) is 0 Å². The first-order valence-electron chi connectivity index (χ1n) is 22.2. The molecular weight excluding hydrogens is 879 g/mol. The van der Waals surface area contributed by atoms with E-state index in [1.807, 2.05) is 42.6 Å². The van der Waals surface area contributed by atoms with Crippen molar-refractivity contribution < 1.29 is 66.4 Å². The Morgan fingerprint density at radius 1 is 0.485 bits per heavy atom. The summed E-state index contributed by atoms with van der Waals surface area (Å²) < 4.78 is 64.4. The molecule has 0 aliphatic carbocycles. The topological polar surface area (TPSA) is 164 Å². The van der Waals surface area contributed by atoms with Crippen molar-refractivity contribution in [2.45, 2.75) is 25.7 Å². The zero-order valence-corrected chi connectivity index (χ0v) is 40.9. The predicted octanol–water partition coefficient (Wildman–Crippen LogP) is 7.40. The maximum Gasteiger partial charge on any atom is 0.338 e. The summed E-state index contributed by atoms with van der Waals surface area (Å²) in [6.45, 7) is 6.10. The van der Waals surface area contributed by atoms with E-state index in [9.17, 15) is 9.59 Å². The van der Waals surface area contributed by atoms with Crippen molar-refractivity contribution in [3.8, 4) is 57.5 Å². The molecule has 17 nitrogen and oxygen atoms in total. The maximum atomic E-state index is 12.6. The number of aromatic nitrogens is 1. The Morgan fingerprint density at radius 2 is 0.926 bits per heavy atom. The first kappa shape index (κ1) is 52.1. The number of ether oxygens (including phenoxy) is 12. The molecule has 1 aliphatic rings. The normalized spacial score (nSPS) is 12.7. The Labute approximate surface area is 398 Å². The van der Waals surface area contributed by atoms with Crippen molar-refractivity contribution in [3.05, 3.63) is 89.2 Å². The molecule has 1 saturated heterocycles. The molecule has 0 saturated carbocycles. The van der Waals surface area contributed by atoms with Crippen molar-refractivity contribution in [1.29, 1.82) is 0 Å². The Hall–Kier alpha value is -6.85. The molecule has 368 valence electrons. The second-order valence-electron chi connectivity index (χ2n) is 15.4. The Bertz CT molecular complexity index is 2290. The van der Waals surface area contributed by atoms with E-state index in [-0.39, 0.29) is 0 Å². The molecule has 68 heavy (non-hydrogen) atoms. The number of hydrogen-bond donors (Lipinski definition) is 0. The van der Waals surface area contributed by atoms with Gasteiger partial charge in [0, 0.05) is 44.2 Å². The summed E-state index contributed by atoms with van der Waals surface area (Å²) in [5, 5.41) is 2.10. The first-order chi connectivity index (χ1) is 33.1. The number of fused-ring (bicyclic) bond motifs is 1. The second kappa shape index (κ2) is 26.5. The molecule has 0 unspecified atom stereocenters. The lowest BCUT2D eigenvalue weighted by atomic mass is 10.0. The van der Waals surface area contributed by atoms with E-state index >= 15 is 0 Å². The number of carbonyl (C=O) groups excluding carboxylic acids is 2. The van der Waals surface area contributed by atoms with Gasteiger partial charge in [0.15, 0.2) is 46.0 Å². The molecule has 17 heteroatoms. The number of pyridine rings is 1. The van der Waals surface area contributed by atoms with Gasteiger partial charge in [0.05, 0.1) is 101 Å². The smallest absolute Gasteiger partial charge is 0.338 e. The molecule has 1 fully saturated rings. The van der Waals surface area contributed by atoms with E-state index < -0.39 is 11.9 Å². The Kier molecular flexibility index (Phi) is 20.3. The largest absolute Gasteiger partial charge is 0.493 e. The highest BCUT2D eigenvalue weighted by atomic mass is 16.6. The fraction of sp³-hybridized carbons (Fsp3) is 0.431. The van der Waals surface area contributed by atoms with E-state index in [1.165, 1.54) is 42.7 Å². The van der Waals surface area contributed by atoms with Crippen LogP contribution in [0.3, 0.4) is 0 Å².